The average Bonchev–Trinajstić information content (AvgIpc) is 3.15. The summed E-state index contributed by atoms with van der Waals surface area (Å²) in [5.41, 5.74) is 3.81. The predicted octanol–water partition coefficient (Wildman–Crippen LogP) is 5.01. The molecule has 0 saturated heterocycles. The third-order valence-electron chi connectivity index (χ3n) is 4.92. The van der Waals surface area contributed by atoms with Crippen molar-refractivity contribution in [1.29, 1.82) is 0 Å². The molecule has 0 saturated carbocycles. The lowest BCUT2D eigenvalue weighted by atomic mass is 10.1. The zero-order valence-electron chi connectivity index (χ0n) is 16.8. The Labute approximate surface area is 174 Å². The molecule has 2 heterocycles. The van der Waals surface area contributed by atoms with Gasteiger partial charge in [0.25, 0.3) is 5.91 Å². The van der Waals surface area contributed by atoms with E-state index in [1.54, 1.807) is 16.2 Å². The van der Waals surface area contributed by atoms with Gasteiger partial charge < -0.3 is 14.4 Å². The summed E-state index contributed by atoms with van der Waals surface area (Å²) in [5.74, 6) is 1.51. The number of anilines is 1. The van der Waals surface area contributed by atoms with Crippen LogP contribution in [0.25, 0.3) is 11.3 Å². The van der Waals surface area contributed by atoms with E-state index in [9.17, 15) is 4.79 Å². The monoisotopic (exact) mass is 408 g/mol. The highest BCUT2D eigenvalue weighted by Gasteiger charge is 2.33. The van der Waals surface area contributed by atoms with Crippen molar-refractivity contribution < 1.29 is 14.3 Å². The zero-order valence-corrected chi connectivity index (χ0v) is 17.7. The molecule has 0 spiro atoms. The molecule has 1 unspecified atom stereocenters. The smallest absolute Gasteiger partial charge is 0.268 e. The number of aromatic nitrogens is 1. The van der Waals surface area contributed by atoms with Gasteiger partial charge in [-0.1, -0.05) is 19.1 Å². The van der Waals surface area contributed by atoms with Gasteiger partial charge in [-0.3, -0.25) is 4.79 Å². The summed E-state index contributed by atoms with van der Waals surface area (Å²) >= 11 is 1.61. The summed E-state index contributed by atoms with van der Waals surface area (Å²) in [6.07, 6.45) is 0.161. The van der Waals surface area contributed by atoms with Crippen LogP contribution < -0.4 is 14.4 Å². The predicted molar refractivity (Wildman–Crippen MR) is 116 cm³/mol. The number of carbonyl (C=O) groups excluding carboxylic acids is 1. The molecule has 0 radical (unpaired) electrons. The van der Waals surface area contributed by atoms with E-state index in [2.05, 4.69) is 4.98 Å². The van der Waals surface area contributed by atoms with E-state index in [0.717, 1.165) is 39.0 Å². The number of amides is 1. The van der Waals surface area contributed by atoms with Gasteiger partial charge in [-0.05, 0) is 56.2 Å². The lowest BCUT2D eigenvalue weighted by Gasteiger charge is -2.34. The molecule has 150 valence electrons. The topological polar surface area (TPSA) is 51.7 Å². The summed E-state index contributed by atoms with van der Waals surface area (Å²) in [7, 11) is 0. The second-order valence-electron chi connectivity index (χ2n) is 7.10. The van der Waals surface area contributed by atoms with E-state index in [4.69, 9.17) is 9.47 Å². The van der Waals surface area contributed by atoms with Crippen molar-refractivity contribution in [3.8, 4) is 22.8 Å². The van der Waals surface area contributed by atoms with Crippen molar-refractivity contribution in [2.75, 3.05) is 18.1 Å². The Morgan fingerprint density at radius 3 is 2.79 bits per heavy atom. The van der Waals surface area contributed by atoms with Gasteiger partial charge in [0, 0.05) is 10.9 Å². The normalized spacial score (nSPS) is 15.8. The van der Waals surface area contributed by atoms with Gasteiger partial charge in [0.05, 0.1) is 22.9 Å². The SMILES string of the molecule is CCC1Oc2ccc(-c3csc(C)n3)cc2N(CCOc2cccc(C)c2)C1=O. The minimum Gasteiger partial charge on any atom is -0.492 e. The van der Waals surface area contributed by atoms with E-state index in [-0.39, 0.29) is 5.91 Å². The van der Waals surface area contributed by atoms with Gasteiger partial charge in [-0.15, -0.1) is 11.3 Å². The van der Waals surface area contributed by atoms with Crippen molar-refractivity contribution >= 4 is 22.9 Å². The quantitative estimate of drug-likeness (QED) is 0.575. The number of thiazole rings is 1. The fourth-order valence-corrected chi connectivity index (χ4v) is 4.05. The van der Waals surface area contributed by atoms with Crippen LogP contribution in [0.3, 0.4) is 0 Å². The number of fused-ring (bicyclic) bond motifs is 1. The molecular weight excluding hydrogens is 384 g/mol. The molecule has 1 aromatic heterocycles. The Kier molecular flexibility index (Phi) is 5.53. The second kappa shape index (κ2) is 8.25. The Balaban J connectivity index is 1.59. The Morgan fingerprint density at radius 1 is 1.21 bits per heavy atom. The molecule has 0 aliphatic carbocycles. The molecule has 0 bridgehead atoms. The van der Waals surface area contributed by atoms with Gasteiger partial charge in [0.1, 0.15) is 18.1 Å². The van der Waals surface area contributed by atoms with Gasteiger partial charge in [-0.2, -0.15) is 0 Å². The Morgan fingerprint density at radius 2 is 2.07 bits per heavy atom. The first kappa shape index (κ1) is 19.5. The first-order valence-electron chi connectivity index (χ1n) is 9.79. The van der Waals surface area contributed by atoms with E-state index >= 15 is 0 Å². The highest BCUT2D eigenvalue weighted by atomic mass is 32.1. The second-order valence-corrected chi connectivity index (χ2v) is 8.17. The number of hydrogen-bond acceptors (Lipinski definition) is 5. The first-order valence-corrected chi connectivity index (χ1v) is 10.7. The lowest BCUT2D eigenvalue weighted by Crippen LogP contribution is -2.47. The molecule has 1 atom stereocenters. The number of hydrogen-bond donors (Lipinski definition) is 0. The molecule has 4 rings (SSSR count). The molecule has 1 aliphatic rings. The molecule has 3 aromatic rings. The van der Waals surface area contributed by atoms with Gasteiger partial charge >= 0.3 is 0 Å². The van der Waals surface area contributed by atoms with Crippen LogP contribution in [0.1, 0.15) is 23.9 Å². The summed E-state index contributed by atoms with van der Waals surface area (Å²) in [5, 5.41) is 3.04. The van der Waals surface area contributed by atoms with Crippen molar-refractivity contribution in [1.82, 2.24) is 4.98 Å². The van der Waals surface area contributed by atoms with Crippen LogP contribution in [0.2, 0.25) is 0 Å². The van der Waals surface area contributed by atoms with Crippen LogP contribution in [0.5, 0.6) is 11.5 Å². The van der Waals surface area contributed by atoms with E-state index in [0.29, 0.717) is 19.6 Å². The highest BCUT2D eigenvalue weighted by Crippen LogP contribution is 2.38. The maximum atomic E-state index is 13.0. The molecule has 5 nitrogen and oxygen atoms in total. The molecular formula is C23H24N2O3S. The molecule has 2 aromatic carbocycles. The third-order valence-corrected chi connectivity index (χ3v) is 5.69. The van der Waals surface area contributed by atoms with E-state index in [1.807, 2.05) is 68.6 Å². The molecule has 6 heteroatoms. The van der Waals surface area contributed by atoms with Gasteiger partial charge in [0.15, 0.2) is 6.10 Å². The van der Waals surface area contributed by atoms with Crippen LogP contribution >= 0.6 is 11.3 Å². The van der Waals surface area contributed by atoms with Crippen LogP contribution in [0.4, 0.5) is 5.69 Å². The summed E-state index contributed by atoms with van der Waals surface area (Å²) in [6.45, 7) is 6.84. The average molecular weight is 409 g/mol. The van der Waals surface area contributed by atoms with Crippen molar-refractivity contribution in [3.63, 3.8) is 0 Å². The number of rotatable bonds is 6. The summed E-state index contributed by atoms with van der Waals surface area (Å²) < 4.78 is 11.8. The van der Waals surface area contributed by atoms with Crippen molar-refractivity contribution in [2.24, 2.45) is 0 Å². The molecule has 29 heavy (non-hydrogen) atoms. The number of carbonyl (C=O) groups is 1. The maximum absolute atomic E-state index is 13.0. The van der Waals surface area contributed by atoms with Crippen LogP contribution in [-0.2, 0) is 4.79 Å². The highest BCUT2D eigenvalue weighted by molar-refractivity contribution is 7.09. The summed E-state index contributed by atoms with van der Waals surface area (Å²) in [4.78, 5) is 19.3. The number of ether oxygens (including phenoxy) is 2. The minimum absolute atomic E-state index is 0.0283. The molecule has 0 N–H and O–H groups in total. The Hall–Kier alpha value is -2.86. The van der Waals surface area contributed by atoms with Crippen molar-refractivity contribution in [2.45, 2.75) is 33.3 Å². The standard InChI is InChI=1S/C23H24N2O3S/c1-4-21-23(26)25(10-11-27-18-7-5-6-15(2)12-18)20-13-17(8-9-22(20)28-21)19-14-29-16(3)24-19/h5-9,12-14,21H,4,10-11H2,1-3H3. The Bertz CT molecular complexity index is 1030. The third kappa shape index (κ3) is 4.12. The fraction of sp³-hybridized carbons (Fsp3) is 0.304. The van der Waals surface area contributed by atoms with Crippen LogP contribution in [-0.4, -0.2) is 30.1 Å². The van der Waals surface area contributed by atoms with E-state index < -0.39 is 6.10 Å². The molecule has 1 amide bonds. The molecule has 0 fully saturated rings. The molecule has 1 aliphatic heterocycles. The number of benzene rings is 2. The van der Waals surface area contributed by atoms with Crippen molar-refractivity contribution in [3.05, 3.63) is 58.4 Å². The minimum atomic E-state index is -0.464. The van der Waals surface area contributed by atoms with Crippen LogP contribution in [0.15, 0.2) is 47.8 Å². The summed E-state index contributed by atoms with van der Waals surface area (Å²) in [6, 6.07) is 13.8. The van der Waals surface area contributed by atoms with Crippen LogP contribution in [0, 0.1) is 13.8 Å². The van der Waals surface area contributed by atoms with Gasteiger partial charge in [-0.25, -0.2) is 4.98 Å². The van der Waals surface area contributed by atoms with Gasteiger partial charge in [0.2, 0.25) is 0 Å². The zero-order chi connectivity index (χ0) is 20.4. The first-order chi connectivity index (χ1) is 14.0. The number of nitrogens with zero attached hydrogens (tertiary/aromatic N) is 2. The fourth-order valence-electron chi connectivity index (χ4n) is 3.43. The number of aryl methyl sites for hydroxylation is 2. The maximum Gasteiger partial charge on any atom is 0.268 e. The van der Waals surface area contributed by atoms with E-state index in [1.165, 1.54) is 0 Å². The lowest BCUT2D eigenvalue weighted by molar-refractivity contribution is -0.126. The largest absolute Gasteiger partial charge is 0.492 e.